The van der Waals surface area contributed by atoms with Crippen LogP contribution in [0.5, 0.6) is 0 Å². The Morgan fingerprint density at radius 2 is 2.06 bits per heavy atom. The molecular formula is C11H17N3O2. The minimum atomic E-state index is -0.198. The minimum absolute atomic E-state index is 0.0740. The Bertz CT molecular complexity index is 299. The van der Waals surface area contributed by atoms with Crippen LogP contribution in [0.15, 0.2) is 0 Å². The first-order valence-corrected chi connectivity index (χ1v) is 5.78. The molecule has 16 heavy (non-hydrogen) atoms. The Morgan fingerprint density at radius 1 is 1.44 bits per heavy atom. The lowest BCUT2D eigenvalue weighted by Gasteiger charge is -2.36. The normalized spacial score (nSPS) is 33.4. The number of amides is 1. The van der Waals surface area contributed by atoms with Gasteiger partial charge in [-0.05, 0) is 25.7 Å². The molecule has 2 N–H and O–H groups in total. The maximum atomic E-state index is 11.5. The van der Waals surface area contributed by atoms with Gasteiger partial charge >= 0.3 is 0 Å². The molecule has 2 fully saturated rings. The van der Waals surface area contributed by atoms with Crippen molar-refractivity contribution in [3.8, 4) is 6.07 Å². The van der Waals surface area contributed by atoms with Crippen LogP contribution in [0.4, 0.5) is 0 Å². The first-order chi connectivity index (χ1) is 7.70. The van der Waals surface area contributed by atoms with Gasteiger partial charge in [0.2, 0.25) is 5.91 Å². The summed E-state index contributed by atoms with van der Waals surface area (Å²) in [5.41, 5.74) is 0. The highest BCUT2D eigenvalue weighted by Gasteiger charge is 2.40. The van der Waals surface area contributed by atoms with Gasteiger partial charge in [0.25, 0.3) is 0 Å². The maximum absolute atomic E-state index is 11.5. The summed E-state index contributed by atoms with van der Waals surface area (Å²) >= 11 is 0. The predicted octanol–water partition coefficient (Wildman–Crippen LogP) is -0.386. The molecule has 2 bridgehead atoms. The maximum Gasteiger partial charge on any atom is 0.235 e. The lowest BCUT2D eigenvalue weighted by molar-refractivity contribution is -0.123. The largest absolute Gasteiger partial charge is 0.393 e. The Kier molecular flexibility index (Phi) is 3.42. The van der Waals surface area contributed by atoms with Crippen molar-refractivity contribution in [1.82, 2.24) is 10.2 Å². The zero-order chi connectivity index (χ0) is 11.5. The number of piperidine rings is 1. The first kappa shape index (κ1) is 11.4. The summed E-state index contributed by atoms with van der Waals surface area (Å²) in [4.78, 5) is 13.7. The topological polar surface area (TPSA) is 76.4 Å². The quantitative estimate of drug-likeness (QED) is 0.639. The van der Waals surface area contributed by atoms with E-state index in [1.165, 1.54) is 0 Å². The Labute approximate surface area is 95.0 Å². The van der Waals surface area contributed by atoms with Crippen molar-refractivity contribution in [3.05, 3.63) is 0 Å². The fourth-order valence-electron chi connectivity index (χ4n) is 2.86. The molecule has 2 saturated heterocycles. The van der Waals surface area contributed by atoms with Gasteiger partial charge in [-0.3, -0.25) is 9.69 Å². The predicted molar refractivity (Wildman–Crippen MR) is 57.4 cm³/mol. The van der Waals surface area contributed by atoms with Crippen molar-refractivity contribution in [2.24, 2.45) is 0 Å². The molecular weight excluding hydrogens is 206 g/mol. The number of aliphatic hydroxyl groups excluding tert-OH is 1. The fraction of sp³-hybridized carbons (Fsp3) is 0.818. The fourth-order valence-corrected chi connectivity index (χ4v) is 2.86. The number of nitrogens with zero attached hydrogens (tertiary/aromatic N) is 2. The third kappa shape index (κ3) is 2.34. The van der Waals surface area contributed by atoms with Crippen LogP contribution in [0.2, 0.25) is 0 Å². The van der Waals surface area contributed by atoms with Crippen molar-refractivity contribution in [3.63, 3.8) is 0 Å². The number of fused-ring (bicyclic) bond motifs is 2. The number of carbonyl (C=O) groups excluding carboxylic acids is 1. The average molecular weight is 223 g/mol. The molecule has 0 aromatic rings. The van der Waals surface area contributed by atoms with Crippen molar-refractivity contribution >= 4 is 5.91 Å². The third-order valence-corrected chi connectivity index (χ3v) is 3.55. The molecule has 2 unspecified atom stereocenters. The number of nitriles is 1. The molecule has 0 aliphatic carbocycles. The van der Waals surface area contributed by atoms with E-state index in [9.17, 15) is 9.90 Å². The second-order valence-corrected chi connectivity index (χ2v) is 4.62. The van der Waals surface area contributed by atoms with Gasteiger partial charge in [-0.2, -0.15) is 5.26 Å². The minimum Gasteiger partial charge on any atom is -0.393 e. The number of nitrogens with one attached hydrogen (secondary N) is 1. The van der Waals surface area contributed by atoms with Gasteiger partial charge < -0.3 is 10.4 Å². The van der Waals surface area contributed by atoms with Gasteiger partial charge in [0.1, 0.15) is 6.54 Å². The number of aliphatic hydroxyl groups is 1. The van der Waals surface area contributed by atoms with Crippen LogP contribution in [0, 0.1) is 11.3 Å². The monoisotopic (exact) mass is 223 g/mol. The van der Waals surface area contributed by atoms with Crippen LogP contribution >= 0.6 is 0 Å². The Morgan fingerprint density at radius 3 is 2.62 bits per heavy atom. The summed E-state index contributed by atoms with van der Waals surface area (Å²) in [6.45, 7) is 0.439. The second kappa shape index (κ2) is 4.81. The SMILES string of the molecule is N#CCNC(=O)CN1C2CCC1CC(O)C2. The van der Waals surface area contributed by atoms with E-state index in [4.69, 9.17) is 5.26 Å². The summed E-state index contributed by atoms with van der Waals surface area (Å²) < 4.78 is 0. The van der Waals surface area contributed by atoms with Gasteiger partial charge in [-0.1, -0.05) is 0 Å². The Hall–Kier alpha value is -1.12. The molecule has 0 aromatic carbocycles. The van der Waals surface area contributed by atoms with Gasteiger partial charge in [0.05, 0.1) is 18.7 Å². The van der Waals surface area contributed by atoms with E-state index in [-0.39, 0.29) is 18.6 Å². The summed E-state index contributed by atoms with van der Waals surface area (Å²) in [5, 5.41) is 20.5. The van der Waals surface area contributed by atoms with E-state index in [1.807, 2.05) is 6.07 Å². The number of rotatable bonds is 3. The molecule has 5 nitrogen and oxygen atoms in total. The summed E-state index contributed by atoms with van der Waals surface area (Å²) in [6.07, 6.45) is 3.51. The van der Waals surface area contributed by atoms with Crippen LogP contribution in [-0.2, 0) is 4.79 Å². The van der Waals surface area contributed by atoms with Crippen LogP contribution in [0.3, 0.4) is 0 Å². The molecule has 2 aliphatic heterocycles. The van der Waals surface area contributed by atoms with Crippen molar-refractivity contribution < 1.29 is 9.90 Å². The van der Waals surface area contributed by atoms with Crippen molar-refractivity contribution in [2.75, 3.05) is 13.1 Å². The van der Waals surface area contributed by atoms with Crippen LogP contribution in [0.1, 0.15) is 25.7 Å². The Balaban J connectivity index is 1.87. The standard InChI is InChI=1S/C11H17N3O2/c12-3-4-13-11(16)7-14-8-1-2-9(14)6-10(15)5-8/h8-10,15H,1-2,4-7H2,(H,13,16). The van der Waals surface area contributed by atoms with E-state index in [2.05, 4.69) is 10.2 Å². The summed E-state index contributed by atoms with van der Waals surface area (Å²) in [6, 6.07) is 2.59. The van der Waals surface area contributed by atoms with Crippen LogP contribution in [0.25, 0.3) is 0 Å². The zero-order valence-electron chi connectivity index (χ0n) is 9.22. The van der Waals surface area contributed by atoms with Crippen molar-refractivity contribution in [2.45, 2.75) is 43.9 Å². The van der Waals surface area contributed by atoms with Gasteiger partial charge in [0.15, 0.2) is 0 Å². The number of hydrogen-bond donors (Lipinski definition) is 2. The van der Waals surface area contributed by atoms with E-state index >= 15 is 0 Å². The molecule has 0 radical (unpaired) electrons. The van der Waals surface area contributed by atoms with Crippen molar-refractivity contribution in [1.29, 1.82) is 5.26 Å². The second-order valence-electron chi connectivity index (χ2n) is 4.62. The van der Waals surface area contributed by atoms with Gasteiger partial charge in [0, 0.05) is 12.1 Å². The molecule has 1 amide bonds. The molecule has 5 heteroatoms. The highest BCUT2D eigenvalue weighted by atomic mass is 16.3. The average Bonchev–Trinajstić information content (AvgIpc) is 2.50. The number of carbonyl (C=O) groups is 1. The smallest absolute Gasteiger partial charge is 0.235 e. The molecule has 2 heterocycles. The van der Waals surface area contributed by atoms with E-state index in [0.29, 0.717) is 18.6 Å². The molecule has 2 atom stereocenters. The van der Waals surface area contributed by atoms with E-state index < -0.39 is 0 Å². The molecule has 0 aromatic heterocycles. The lowest BCUT2D eigenvalue weighted by Crippen LogP contribution is -2.49. The molecule has 0 saturated carbocycles. The van der Waals surface area contributed by atoms with Crippen LogP contribution < -0.4 is 5.32 Å². The molecule has 88 valence electrons. The van der Waals surface area contributed by atoms with Gasteiger partial charge in [-0.15, -0.1) is 0 Å². The van der Waals surface area contributed by atoms with E-state index in [0.717, 1.165) is 25.7 Å². The lowest BCUT2D eigenvalue weighted by atomic mass is 10.00. The first-order valence-electron chi connectivity index (χ1n) is 5.78. The number of hydrogen-bond acceptors (Lipinski definition) is 4. The summed E-state index contributed by atoms with van der Waals surface area (Å²) in [7, 11) is 0. The zero-order valence-corrected chi connectivity index (χ0v) is 9.22. The highest BCUT2D eigenvalue weighted by Crippen LogP contribution is 2.35. The third-order valence-electron chi connectivity index (χ3n) is 3.55. The molecule has 2 aliphatic rings. The van der Waals surface area contributed by atoms with Gasteiger partial charge in [-0.25, -0.2) is 0 Å². The van der Waals surface area contributed by atoms with Crippen LogP contribution in [-0.4, -0.2) is 47.2 Å². The highest BCUT2D eigenvalue weighted by molar-refractivity contribution is 5.78. The molecule has 0 spiro atoms. The van der Waals surface area contributed by atoms with E-state index in [1.54, 1.807) is 0 Å². The summed E-state index contributed by atoms with van der Waals surface area (Å²) in [5.74, 6) is -0.0881. The molecule has 2 rings (SSSR count).